The van der Waals surface area contributed by atoms with E-state index in [0.29, 0.717) is 15.8 Å². The van der Waals surface area contributed by atoms with Gasteiger partial charge in [-0.25, -0.2) is 13.2 Å². The zero-order valence-corrected chi connectivity index (χ0v) is 16.9. The van der Waals surface area contributed by atoms with Crippen molar-refractivity contribution in [2.45, 2.75) is 18.4 Å². The highest BCUT2D eigenvalue weighted by Crippen LogP contribution is 2.30. The lowest BCUT2D eigenvalue weighted by Crippen LogP contribution is -2.13. The van der Waals surface area contributed by atoms with Gasteiger partial charge in [-0.3, -0.25) is 9.48 Å². The number of aromatic nitrogens is 2. The summed E-state index contributed by atoms with van der Waals surface area (Å²) in [5, 5.41) is 7.03. The van der Waals surface area contributed by atoms with Gasteiger partial charge in [0.2, 0.25) is 0 Å². The number of carbonyl (C=O) groups is 1. The summed E-state index contributed by atoms with van der Waals surface area (Å²) in [6.45, 7) is 2.83. The molecule has 1 atom stereocenters. The monoisotopic (exact) mass is 439 g/mol. The van der Waals surface area contributed by atoms with E-state index in [1.807, 2.05) is 16.9 Å². The van der Waals surface area contributed by atoms with Crippen molar-refractivity contribution in [3.63, 3.8) is 0 Å². The second-order valence-corrected chi connectivity index (χ2v) is 7.97. The zero-order chi connectivity index (χ0) is 21.0. The quantitative estimate of drug-likeness (QED) is 0.383. The Morgan fingerprint density at radius 1 is 1.24 bits per heavy atom. The van der Waals surface area contributed by atoms with Crippen LogP contribution in [0.4, 0.5) is 18.9 Å². The first-order chi connectivity index (χ1) is 13.8. The maximum absolute atomic E-state index is 13.3. The number of hydrogen-bond acceptors (Lipinski definition) is 3. The van der Waals surface area contributed by atoms with Gasteiger partial charge in [0.1, 0.15) is 0 Å². The minimum atomic E-state index is -1.59. The third-order valence-corrected chi connectivity index (χ3v) is 5.84. The fourth-order valence-corrected chi connectivity index (χ4v) is 3.87. The van der Waals surface area contributed by atoms with Crippen LogP contribution in [0.15, 0.2) is 53.7 Å². The third-order valence-electron chi connectivity index (χ3n) is 4.02. The lowest BCUT2D eigenvalue weighted by atomic mass is 10.2. The molecule has 0 bridgehead atoms. The summed E-state index contributed by atoms with van der Waals surface area (Å²) in [7, 11) is 0. The van der Waals surface area contributed by atoms with E-state index < -0.39 is 23.4 Å². The lowest BCUT2D eigenvalue weighted by molar-refractivity contribution is 0.102. The minimum Gasteiger partial charge on any atom is -0.322 e. The molecule has 3 rings (SSSR count). The Balaban J connectivity index is 1.67. The van der Waals surface area contributed by atoms with Crippen molar-refractivity contribution in [3.05, 3.63) is 76.8 Å². The van der Waals surface area contributed by atoms with Crippen LogP contribution in [0.5, 0.6) is 0 Å². The van der Waals surface area contributed by atoms with Gasteiger partial charge in [-0.2, -0.15) is 5.10 Å². The van der Waals surface area contributed by atoms with Gasteiger partial charge in [-0.05, 0) is 30.2 Å². The Labute approximate surface area is 175 Å². The molecule has 0 aliphatic rings. The van der Waals surface area contributed by atoms with Crippen molar-refractivity contribution < 1.29 is 18.0 Å². The van der Waals surface area contributed by atoms with Gasteiger partial charge in [0.15, 0.2) is 17.5 Å². The molecule has 4 nitrogen and oxygen atoms in total. The largest absolute Gasteiger partial charge is 0.322 e. The van der Waals surface area contributed by atoms with Gasteiger partial charge in [-0.15, -0.1) is 11.8 Å². The molecule has 1 aromatic heterocycles. The van der Waals surface area contributed by atoms with E-state index >= 15 is 0 Å². The first kappa shape index (κ1) is 21.3. The van der Waals surface area contributed by atoms with Gasteiger partial charge >= 0.3 is 0 Å². The molecule has 0 radical (unpaired) electrons. The molecule has 1 heterocycles. The smallest absolute Gasteiger partial charge is 0.255 e. The number of hydrogen-bond donors (Lipinski definition) is 1. The molecule has 2 aromatic carbocycles. The van der Waals surface area contributed by atoms with Crippen LogP contribution in [-0.4, -0.2) is 21.4 Å². The summed E-state index contributed by atoms with van der Waals surface area (Å²) in [6, 6.07) is 8.00. The van der Waals surface area contributed by atoms with Crippen LogP contribution in [0, 0.1) is 23.4 Å². The van der Waals surface area contributed by atoms with Crippen LogP contribution in [0.3, 0.4) is 0 Å². The van der Waals surface area contributed by atoms with Gasteiger partial charge in [0.05, 0.1) is 5.02 Å². The number of halogens is 4. The molecule has 0 aliphatic heterocycles. The molecule has 3 aromatic rings. The fraction of sp³-hybridized carbons (Fsp3) is 0.200. The summed E-state index contributed by atoms with van der Waals surface area (Å²) in [5.74, 6) is -3.87. The number of nitrogens with one attached hydrogen (secondary N) is 1. The topological polar surface area (TPSA) is 46.9 Å². The zero-order valence-electron chi connectivity index (χ0n) is 15.3. The Kier molecular flexibility index (Phi) is 6.87. The van der Waals surface area contributed by atoms with Crippen LogP contribution in [0.25, 0.3) is 0 Å². The summed E-state index contributed by atoms with van der Waals surface area (Å²) < 4.78 is 41.6. The number of anilines is 1. The van der Waals surface area contributed by atoms with Crippen molar-refractivity contribution in [3.8, 4) is 0 Å². The number of amides is 1. The maximum Gasteiger partial charge on any atom is 0.255 e. The van der Waals surface area contributed by atoms with Crippen LogP contribution in [0.1, 0.15) is 17.3 Å². The molecule has 152 valence electrons. The van der Waals surface area contributed by atoms with Gasteiger partial charge < -0.3 is 5.32 Å². The first-order valence-corrected chi connectivity index (χ1v) is 10.1. The van der Waals surface area contributed by atoms with E-state index in [9.17, 15) is 18.0 Å². The van der Waals surface area contributed by atoms with Gasteiger partial charge in [0.25, 0.3) is 5.91 Å². The SMILES string of the molecule is CC(CSc1cc(C(=O)Nc2cc(F)c(F)c(F)c2)ccc1Cl)Cn1cccn1. The van der Waals surface area contributed by atoms with Crippen LogP contribution in [0.2, 0.25) is 5.02 Å². The number of thioether (sulfide) groups is 1. The number of benzene rings is 2. The molecular weight excluding hydrogens is 423 g/mol. The summed E-state index contributed by atoms with van der Waals surface area (Å²) in [5.41, 5.74) is 0.0881. The number of carbonyl (C=O) groups excluding carboxylic acids is 1. The van der Waals surface area contributed by atoms with Crippen molar-refractivity contribution >= 4 is 35.0 Å². The fourth-order valence-electron chi connectivity index (χ4n) is 2.60. The van der Waals surface area contributed by atoms with Gasteiger partial charge in [0, 0.05) is 53.0 Å². The van der Waals surface area contributed by atoms with E-state index in [1.54, 1.807) is 18.3 Å². The van der Waals surface area contributed by atoms with Gasteiger partial charge in [-0.1, -0.05) is 18.5 Å². The second-order valence-electron chi connectivity index (χ2n) is 6.50. The van der Waals surface area contributed by atoms with Crippen molar-refractivity contribution in [2.75, 3.05) is 11.1 Å². The molecule has 0 saturated heterocycles. The van der Waals surface area contributed by atoms with Crippen LogP contribution < -0.4 is 5.32 Å². The summed E-state index contributed by atoms with van der Waals surface area (Å²) >= 11 is 7.73. The Bertz CT molecular complexity index is 991. The summed E-state index contributed by atoms with van der Waals surface area (Å²) in [4.78, 5) is 13.1. The molecule has 0 aliphatic carbocycles. The molecule has 1 unspecified atom stereocenters. The molecule has 29 heavy (non-hydrogen) atoms. The summed E-state index contributed by atoms with van der Waals surface area (Å²) in [6.07, 6.45) is 3.61. The Hall–Kier alpha value is -2.45. The number of nitrogens with zero attached hydrogens (tertiary/aromatic N) is 2. The average Bonchev–Trinajstić information content (AvgIpc) is 3.18. The Morgan fingerprint density at radius 2 is 1.97 bits per heavy atom. The predicted molar refractivity (Wildman–Crippen MR) is 108 cm³/mol. The molecule has 0 saturated carbocycles. The van der Waals surface area contributed by atoms with Crippen molar-refractivity contribution in [2.24, 2.45) is 5.92 Å². The predicted octanol–water partition coefficient (Wildman–Crippen LogP) is 5.63. The molecule has 1 amide bonds. The van der Waals surface area contributed by atoms with Crippen molar-refractivity contribution in [1.82, 2.24) is 9.78 Å². The van der Waals surface area contributed by atoms with E-state index in [0.717, 1.165) is 24.4 Å². The molecule has 1 N–H and O–H groups in total. The average molecular weight is 440 g/mol. The van der Waals surface area contributed by atoms with Crippen LogP contribution in [-0.2, 0) is 6.54 Å². The van der Waals surface area contributed by atoms with E-state index in [4.69, 9.17) is 11.6 Å². The van der Waals surface area contributed by atoms with Crippen molar-refractivity contribution in [1.29, 1.82) is 0 Å². The normalized spacial score (nSPS) is 12.0. The minimum absolute atomic E-state index is 0.177. The van der Waals surface area contributed by atoms with Crippen LogP contribution >= 0.6 is 23.4 Å². The number of rotatable bonds is 7. The maximum atomic E-state index is 13.3. The highest BCUT2D eigenvalue weighted by Gasteiger charge is 2.15. The lowest BCUT2D eigenvalue weighted by Gasteiger charge is -2.13. The van der Waals surface area contributed by atoms with E-state index in [-0.39, 0.29) is 11.3 Å². The molecule has 0 spiro atoms. The molecular formula is C20H17ClF3N3OS. The molecule has 0 fully saturated rings. The Morgan fingerprint density at radius 3 is 2.62 bits per heavy atom. The van der Waals surface area contributed by atoms with E-state index in [2.05, 4.69) is 17.3 Å². The molecule has 9 heteroatoms. The first-order valence-electron chi connectivity index (χ1n) is 8.69. The third kappa shape index (κ3) is 5.55. The second kappa shape index (κ2) is 9.37. The highest BCUT2D eigenvalue weighted by molar-refractivity contribution is 7.99. The standard InChI is InChI=1S/C20H17ClF3N3OS/c1-12(10-27-6-2-5-25-27)11-29-18-7-13(3-4-15(18)21)20(28)26-14-8-16(22)19(24)17(23)9-14/h2-9,12H,10-11H2,1H3,(H,26,28). The highest BCUT2D eigenvalue weighted by atomic mass is 35.5. The van der Waals surface area contributed by atoms with E-state index in [1.165, 1.54) is 17.8 Å².